The third kappa shape index (κ3) is 2.58. The van der Waals surface area contributed by atoms with Gasteiger partial charge in [-0.2, -0.15) is 0 Å². The highest BCUT2D eigenvalue weighted by Gasteiger charge is 2.21. The molecule has 4 aromatic heterocycles. The predicted octanol–water partition coefficient (Wildman–Crippen LogP) is 11.0. The fourth-order valence-electron chi connectivity index (χ4n) is 7.86. The second-order valence-electron chi connectivity index (χ2n) is 11.7. The smallest absolute Gasteiger partial charge is 0.145 e. The maximum Gasteiger partial charge on any atom is 0.145 e. The molecule has 0 spiro atoms. The number of hydrogen-bond donors (Lipinski definition) is 0. The zero-order valence-electron chi connectivity index (χ0n) is 23.0. The van der Waals surface area contributed by atoms with Crippen LogP contribution >= 0.6 is 0 Å². The molecule has 0 aliphatic carbocycles. The lowest BCUT2D eigenvalue weighted by Gasteiger charge is -2.11. The van der Waals surface area contributed by atoms with E-state index in [0.717, 1.165) is 32.8 Å². The van der Waals surface area contributed by atoms with Crippen molar-refractivity contribution < 1.29 is 4.42 Å². The second-order valence-corrected chi connectivity index (χ2v) is 11.7. The van der Waals surface area contributed by atoms with Gasteiger partial charge in [-0.05, 0) is 53.2 Å². The molecule has 0 saturated heterocycles. The molecule has 0 N–H and O–H groups in total. The van der Waals surface area contributed by atoms with Gasteiger partial charge in [0.2, 0.25) is 0 Å². The summed E-state index contributed by atoms with van der Waals surface area (Å²) >= 11 is 0. The van der Waals surface area contributed by atoms with Crippen LogP contribution in [0.3, 0.4) is 0 Å². The Morgan fingerprint density at radius 2 is 1.02 bits per heavy atom. The van der Waals surface area contributed by atoms with Gasteiger partial charge in [-0.3, -0.25) is 0 Å². The molecule has 0 unspecified atom stereocenters. The van der Waals surface area contributed by atoms with Gasteiger partial charge >= 0.3 is 0 Å². The average Bonchev–Trinajstić information content (AvgIpc) is 3.70. The van der Waals surface area contributed by atoms with Crippen molar-refractivity contribution in [3.8, 4) is 0 Å². The molecule has 11 aromatic rings. The number of para-hydroxylation sites is 4. The second kappa shape index (κ2) is 7.53. The van der Waals surface area contributed by atoms with E-state index in [4.69, 9.17) is 4.42 Å². The molecule has 0 bridgehead atoms. The number of hydrogen-bond acceptors (Lipinski definition) is 1. The molecule has 4 heterocycles. The van der Waals surface area contributed by atoms with Crippen molar-refractivity contribution >= 4 is 98.1 Å². The molecular formula is C40H22N2O. The Balaban J connectivity index is 1.59. The molecule has 0 radical (unpaired) electrons. The van der Waals surface area contributed by atoms with Crippen molar-refractivity contribution in [2.24, 2.45) is 0 Å². The summed E-state index contributed by atoms with van der Waals surface area (Å²) in [7, 11) is 0. The quantitative estimate of drug-likeness (QED) is 0.185. The Hall–Kier alpha value is -5.80. The monoisotopic (exact) mass is 546 g/mol. The highest BCUT2D eigenvalue weighted by atomic mass is 16.3. The maximum absolute atomic E-state index is 6.79. The first-order chi connectivity index (χ1) is 21.3. The van der Waals surface area contributed by atoms with E-state index >= 15 is 0 Å². The molecular weight excluding hydrogens is 524 g/mol. The molecule has 43 heavy (non-hydrogen) atoms. The standard InChI is InChI=1S/C40H22N2O/c1-2-10-24-22-35-31(21-23(24)9-1)28-14-8-17-34-39(28)42(35)33-20-19-29-26-12-4-6-18-36(26)43-40(29)37(33)30-15-7-13-27-25-11-3-5-16-32(25)41(34)38(27)30/h1-22H. The number of fused-ring (bicyclic) bond motifs is 15. The molecule has 7 aromatic carbocycles. The van der Waals surface area contributed by atoms with Crippen LogP contribution in [-0.4, -0.2) is 8.80 Å². The zero-order chi connectivity index (χ0) is 27.8. The van der Waals surface area contributed by atoms with Crippen molar-refractivity contribution in [2.45, 2.75) is 0 Å². The molecule has 0 fully saturated rings. The number of furan rings is 1. The lowest BCUT2D eigenvalue weighted by atomic mass is 10.0. The van der Waals surface area contributed by atoms with Crippen LogP contribution in [0.5, 0.6) is 0 Å². The zero-order valence-corrected chi connectivity index (χ0v) is 23.0. The van der Waals surface area contributed by atoms with Crippen molar-refractivity contribution in [3.63, 3.8) is 0 Å². The molecule has 198 valence electrons. The first-order valence-corrected chi connectivity index (χ1v) is 14.8. The van der Waals surface area contributed by atoms with Crippen molar-refractivity contribution in [1.29, 1.82) is 0 Å². The summed E-state index contributed by atoms with van der Waals surface area (Å²) in [6.07, 6.45) is 0. The SMILES string of the molecule is c1ccc2cc3c(cc2c1)c1cccc2c1n3c1ccc3c4ccccc4oc3c1c1cccc3c4ccccc4n2c31. The van der Waals surface area contributed by atoms with Crippen molar-refractivity contribution in [2.75, 3.05) is 0 Å². The first-order valence-electron chi connectivity index (χ1n) is 14.8. The summed E-state index contributed by atoms with van der Waals surface area (Å²) in [5.74, 6) is 0. The Bertz CT molecular complexity index is 3010. The van der Waals surface area contributed by atoms with Crippen LogP contribution in [0.2, 0.25) is 0 Å². The van der Waals surface area contributed by atoms with Gasteiger partial charge in [0, 0.05) is 37.7 Å². The Morgan fingerprint density at radius 3 is 1.93 bits per heavy atom. The molecule has 0 saturated carbocycles. The van der Waals surface area contributed by atoms with Gasteiger partial charge in [0.05, 0.1) is 38.5 Å². The normalized spacial score (nSPS) is 12.7. The number of nitrogens with zero attached hydrogens (tertiary/aromatic N) is 2. The van der Waals surface area contributed by atoms with Crippen LogP contribution in [0.25, 0.3) is 98.1 Å². The fraction of sp³-hybridized carbons (Fsp3) is 0. The van der Waals surface area contributed by atoms with E-state index in [1.807, 2.05) is 0 Å². The van der Waals surface area contributed by atoms with Gasteiger partial charge in [0.25, 0.3) is 0 Å². The molecule has 0 aliphatic rings. The van der Waals surface area contributed by atoms with Gasteiger partial charge in [-0.25, -0.2) is 0 Å². The summed E-state index contributed by atoms with van der Waals surface area (Å²) in [6.45, 7) is 0. The molecule has 3 heteroatoms. The fourth-order valence-corrected chi connectivity index (χ4v) is 7.86. The third-order valence-corrected chi connectivity index (χ3v) is 9.60. The van der Waals surface area contributed by atoms with Gasteiger partial charge in [0.1, 0.15) is 11.2 Å². The Labute approximate surface area is 244 Å². The van der Waals surface area contributed by atoms with Crippen LogP contribution in [0.15, 0.2) is 138 Å². The summed E-state index contributed by atoms with van der Waals surface area (Å²) in [5, 5.41) is 12.1. The van der Waals surface area contributed by atoms with E-state index in [9.17, 15) is 0 Å². The van der Waals surface area contributed by atoms with Gasteiger partial charge in [0.15, 0.2) is 0 Å². The largest absolute Gasteiger partial charge is 0.455 e. The minimum absolute atomic E-state index is 0.912. The molecule has 0 amide bonds. The third-order valence-electron chi connectivity index (χ3n) is 9.60. The van der Waals surface area contributed by atoms with E-state index in [1.54, 1.807) is 0 Å². The van der Waals surface area contributed by atoms with Gasteiger partial charge in [-0.1, -0.05) is 91.0 Å². The van der Waals surface area contributed by atoms with E-state index in [0.29, 0.717) is 0 Å². The Morgan fingerprint density at radius 1 is 0.372 bits per heavy atom. The van der Waals surface area contributed by atoms with Crippen LogP contribution in [0.4, 0.5) is 0 Å². The van der Waals surface area contributed by atoms with Gasteiger partial charge in [-0.15, -0.1) is 0 Å². The lowest BCUT2D eigenvalue weighted by Crippen LogP contribution is -1.94. The molecule has 0 atom stereocenters. The summed E-state index contributed by atoms with van der Waals surface area (Å²) < 4.78 is 11.8. The van der Waals surface area contributed by atoms with E-state index in [-0.39, 0.29) is 0 Å². The minimum Gasteiger partial charge on any atom is -0.455 e. The van der Waals surface area contributed by atoms with Gasteiger partial charge < -0.3 is 13.2 Å². The van der Waals surface area contributed by atoms with Crippen LogP contribution in [-0.2, 0) is 0 Å². The highest BCUT2D eigenvalue weighted by Crippen LogP contribution is 2.44. The van der Waals surface area contributed by atoms with Crippen LogP contribution in [0, 0.1) is 0 Å². The predicted molar refractivity (Wildman–Crippen MR) is 181 cm³/mol. The Kier molecular flexibility index (Phi) is 3.83. The van der Waals surface area contributed by atoms with E-state index < -0.39 is 0 Å². The minimum atomic E-state index is 0.912. The van der Waals surface area contributed by atoms with Crippen molar-refractivity contribution in [1.82, 2.24) is 8.80 Å². The average molecular weight is 547 g/mol. The van der Waals surface area contributed by atoms with E-state index in [2.05, 4.69) is 142 Å². The molecule has 11 rings (SSSR count). The van der Waals surface area contributed by atoms with Crippen molar-refractivity contribution in [3.05, 3.63) is 133 Å². The molecule has 0 aliphatic heterocycles. The highest BCUT2D eigenvalue weighted by molar-refractivity contribution is 6.28. The number of rotatable bonds is 0. The van der Waals surface area contributed by atoms with Crippen LogP contribution in [0.1, 0.15) is 0 Å². The number of benzene rings is 7. The maximum atomic E-state index is 6.79. The van der Waals surface area contributed by atoms with Crippen LogP contribution < -0.4 is 0 Å². The summed E-state index contributed by atoms with van der Waals surface area (Å²) in [5.41, 5.74) is 9.00. The molecule has 3 nitrogen and oxygen atoms in total. The van der Waals surface area contributed by atoms with E-state index in [1.165, 1.54) is 65.3 Å². The summed E-state index contributed by atoms with van der Waals surface area (Å²) in [4.78, 5) is 0. The summed E-state index contributed by atoms with van der Waals surface area (Å²) in [6, 6.07) is 48.7. The lowest BCUT2D eigenvalue weighted by molar-refractivity contribution is 0.673. The topological polar surface area (TPSA) is 22.0 Å². The number of aromatic nitrogens is 2. The first kappa shape index (κ1) is 21.9.